The zero-order valence-corrected chi connectivity index (χ0v) is 14.2. The molecule has 0 saturated heterocycles. The number of carbonyl (C=O) groups excluding carboxylic acids is 1. The minimum Gasteiger partial charge on any atom is -0.354 e. The van der Waals surface area contributed by atoms with Crippen molar-refractivity contribution in [1.82, 2.24) is 5.32 Å². The summed E-state index contributed by atoms with van der Waals surface area (Å²) < 4.78 is 25.7. The van der Waals surface area contributed by atoms with E-state index in [-0.39, 0.29) is 23.3 Å². The van der Waals surface area contributed by atoms with Crippen molar-refractivity contribution in [2.45, 2.75) is 24.0 Å². The number of carbonyl (C=O) groups is 1. The highest BCUT2D eigenvalue weighted by atomic mass is 32.2. The van der Waals surface area contributed by atoms with Gasteiger partial charge in [-0.3, -0.25) is 4.79 Å². The van der Waals surface area contributed by atoms with Crippen molar-refractivity contribution in [2.24, 2.45) is 5.92 Å². The van der Waals surface area contributed by atoms with Gasteiger partial charge in [-0.15, -0.1) is 11.3 Å². The van der Waals surface area contributed by atoms with E-state index in [2.05, 4.69) is 5.32 Å². The molecule has 1 N–H and O–H groups in total. The maximum atomic E-state index is 12.9. The van der Waals surface area contributed by atoms with Crippen LogP contribution in [0.4, 0.5) is 0 Å². The molecule has 0 bridgehead atoms. The topological polar surface area (TPSA) is 63.2 Å². The molecular formula is C16H19NO3S2. The van der Waals surface area contributed by atoms with Crippen LogP contribution in [0.3, 0.4) is 0 Å². The Kier molecular flexibility index (Phi) is 5.37. The molecule has 1 unspecified atom stereocenters. The minimum atomic E-state index is -3.55. The monoisotopic (exact) mass is 337 g/mol. The second kappa shape index (κ2) is 7.07. The highest BCUT2D eigenvalue weighted by Gasteiger charge is 2.30. The number of amides is 1. The number of hydrogen-bond acceptors (Lipinski definition) is 4. The number of rotatable bonds is 6. The Morgan fingerprint density at radius 1 is 1.14 bits per heavy atom. The predicted molar refractivity (Wildman–Crippen MR) is 88.5 cm³/mol. The summed E-state index contributed by atoms with van der Waals surface area (Å²) in [7, 11) is -3.55. The van der Waals surface area contributed by atoms with Gasteiger partial charge in [0.25, 0.3) is 0 Å². The largest absolute Gasteiger partial charge is 0.354 e. The SMILES string of the molecule is CC(C)C(=O)NCC(c1cccs1)S(=O)(=O)c1ccccc1. The number of benzene rings is 1. The molecule has 6 heteroatoms. The van der Waals surface area contributed by atoms with Crippen LogP contribution in [0.15, 0.2) is 52.7 Å². The lowest BCUT2D eigenvalue weighted by molar-refractivity contribution is -0.123. The van der Waals surface area contributed by atoms with Crippen molar-refractivity contribution in [3.8, 4) is 0 Å². The van der Waals surface area contributed by atoms with Gasteiger partial charge in [-0.25, -0.2) is 8.42 Å². The van der Waals surface area contributed by atoms with Crippen molar-refractivity contribution < 1.29 is 13.2 Å². The fraction of sp³-hybridized carbons (Fsp3) is 0.312. The first-order chi connectivity index (χ1) is 10.4. The van der Waals surface area contributed by atoms with Crippen molar-refractivity contribution in [3.63, 3.8) is 0 Å². The lowest BCUT2D eigenvalue weighted by Crippen LogP contribution is -2.34. The van der Waals surface area contributed by atoms with E-state index >= 15 is 0 Å². The molecule has 4 nitrogen and oxygen atoms in total. The molecule has 22 heavy (non-hydrogen) atoms. The summed E-state index contributed by atoms with van der Waals surface area (Å²) in [6.45, 7) is 3.64. The van der Waals surface area contributed by atoms with E-state index in [0.717, 1.165) is 4.88 Å². The average molecular weight is 337 g/mol. The molecule has 0 aliphatic heterocycles. The van der Waals surface area contributed by atoms with Crippen LogP contribution in [0.5, 0.6) is 0 Å². The minimum absolute atomic E-state index is 0.0781. The van der Waals surface area contributed by atoms with Gasteiger partial charge < -0.3 is 5.32 Å². The Labute approximate surface area is 135 Å². The van der Waals surface area contributed by atoms with Crippen LogP contribution >= 0.6 is 11.3 Å². The summed E-state index contributed by atoms with van der Waals surface area (Å²) in [5.74, 6) is -0.326. The van der Waals surface area contributed by atoms with Gasteiger partial charge in [0.2, 0.25) is 5.91 Å². The van der Waals surface area contributed by atoms with Crippen LogP contribution in [0.2, 0.25) is 0 Å². The molecule has 1 heterocycles. The number of sulfone groups is 1. The summed E-state index contributed by atoms with van der Waals surface area (Å²) in [6.07, 6.45) is 0. The quantitative estimate of drug-likeness (QED) is 0.881. The smallest absolute Gasteiger partial charge is 0.222 e. The molecule has 0 radical (unpaired) electrons. The van der Waals surface area contributed by atoms with E-state index in [1.807, 2.05) is 11.4 Å². The molecule has 0 aliphatic carbocycles. The molecule has 0 fully saturated rings. The zero-order chi connectivity index (χ0) is 16.2. The van der Waals surface area contributed by atoms with Crippen LogP contribution in [0.25, 0.3) is 0 Å². The van der Waals surface area contributed by atoms with Crippen molar-refractivity contribution in [3.05, 3.63) is 52.7 Å². The van der Waals surface area contributed by atoms with E-state index < -0.39 is 15.1 Å². The second-order valence-corrected chi connectivity index (χ2v) is 8.37. The summed E-state index contributed by atoms with van der Waals surface area (Å²) in [6, 6.07) is 11.9. The first-order valence-electron chi connectivity index (χ1n) is 7.03. The summed E-state index contributed by atoms with van der Waals surface area (Å²) in [4.78, 5) is 12.8. The van der Waals surface area contributed by atoms with E-state index in [0.29, 0.717) is 0 Å². The average Bonchev–Trinajstić information content (AvgIpc) is 3.01. The van der Waals surface area contributed by atoms with E-state index in [4.69, 9.17) is 0 Å². The van der Waals surface area contributed by atoms with Crippen LogP contribution < -0.4 is 5.32 Å². The second-order valence-electron chi connectivity index (χ2n) is 5.26. The lowest BCUT2D eigenvalue weighted by atomic mass is 10.2. The highest BCUT2D eigenvalue weighted by molar-refractivity contribution is 7.91. The Bertz CT molecular complexity index is 707. The maximum absolute atomic E-state index is 12.9. The lowest BCUT2D eigenvalue weighted by Gasteiger charge is -2.18. The van der Waals surface area contributed by atoms with Crippen molar-refractivity contribution >= 4 is 27.1 Å². The van der Waals surface area contributed by atoms with Gasteiger partial charge in [-0.05, 0) is 23.6 Å². The highest BCUT2D eigenvalue weighted by Crippen LogP contribution is 2.31. The molecule has 1 aromatic carbocycles. The predicted octanol–water partition coefficient (Wildman–Crippen LogP) is 3.04. The molecule has 0 spiro atoms. The molecular weight excluding hydrogens is 318 g/mol. The van der Waals surface area contributed by atoms with Crippen LogP contribution in [0, 0.1) is 5.92 Å². The normalized spacial score (nSPS) is 13.0. The summed E-state index contributed by atoms with van der Waals surface area (Å²) >= 11 is 1.38. The number of nitrogens with one attached hydrogen (secondary N) is 1. The third-order valence-electron chi connectivity index (χ3n) is 3.29. The van der Waals surface area contributed by atoms with Gasteiger partial charge in [-0.2, -0.15) is 0 Å². The molecule has 1 amide bonds. The van der Waals surface area contributed by atoms with E-state index in [1.54, 1.807) is 50.2 Å². The van der Waals surface area contributed by atoms with Gasteiger partial charge in [0.05, 0.1) is 4.90 Å². The van der Waals surface area contributed by atoms with Crippen LogP contribution in [-0.4, -0.2) is 20.9 Å². The molecule has 1 aromatic heterocycles. The maximum Gasteiger partial charge on any atom is 0.222 e. The Morgan fingerprint density at radius 2 is 1.82 bits per heavy atom. The summed E-state index contributed by atoms with van der Waals surface area (Å²) in [5, 5.41) is 3.81. The Hall–Kier alpha value is -1.66. The summed E-state index contributed by atoms with van der Waals surface area (Å²) in [5.41, 5.74) is 0. The molecule has 118 valence electrons. The van der Waals surface area contributed by atoms with E-state index in [9.17, 15) is 13.2 Å². The molecule has 2 aromatic rings. The van der Waals surface area contributed by atoms with Crippen molar-refractivity contribution in [1.29, 1.82) is 0 Å². The molecule has 2 rings (SSSR count). The van der Waals surface area contributed by atoms with Crippen molar-refractivity contribution in [2.75, 3.05) is 6.54 Å². The number of hydrogen-bond donors (Lipinski definition) is 1. The van der Waals surface area contributed by atoms with Gasteiger partial charge in [0, 0.05) is 17.3 Å². The molecule has 1 atom stereocenters. The first kappa shape index (κ1) is 16.7. The fourth-order valence-electron chi connectivity index (χ4n) is 2.01. The van der Waals surface area contributed by atoms with Crippen LogP contribution in [-0.2, 0) is 14.6 Å². The standard InChI is InChI=1S/C16H19NO3S2/c1-12(2)16(18)17-11-15(14-9-6-10-21-14)22(19,20)13-7-4-3-5-8-13/h3-10,12,15H,11H2,1-2H3,(H,17,18). The molecule has 0 saturated carbocycles. The number of thiophene rings is 1. The first-order valence-corrected chi connectivity index (χ1v) is 9.45. The third-order valence-corrected chi connectivity index (χ3v) is 6.53. The van der Waals surface area contributed by atoms with Crippen LogP contribution in [0.1, 0.15) is 24.0 Å². The fourth-order valence-corrected chi connectivity index (χ4v) is 4.81. The Balaban J connectivity index is 2.31. The van der Waals surface area contributed by atoms with E-state index in [1.165, 1.54) is 11.3 Å². The zero-order valence-electron chi connectivity index (χ0n) is 12.5. The Morgan fingerprint density at radius 3 is 2.36 bits per heavy atom. The van der Waals surface area contributed by atoms with Gasteiger partial charge in [-0.1, -0.05) is 38.1 Å². The van der Waals surface area contributed by atoms with Gasteiger partial charge >= 0.3 is 0 Å². The molecule has 0 aliphatic rings. The van der Waals surface area contributed by atoms with Gasteiger partial charge in [0.1, 0.15) is 5.25 Å². The third kappa shape index (κ3) is 3.75. The van der Waals surface area contributed by atoms with Gasteiger partial charge in [0.15, 0.2) is 9.84 Å².